The molecule has 0 aromatic rings. The molecule has 0 amide bonds. The molecule has 2 aliphatic carbocycles. The van der Waals surface area contributed by atoms with Gasteiger partial charge in [-0.2, -0.15) is 0 Å². The third-order valence-corrected chi connectivity index (χ3v) is 5.89. The maximum absolute atomic E-state index is 9.91. The van der Waals surface area contributed by atoms with E-state index in [1.165, 1.54) is 19.3 Å². The normalized spacial score (nSPS) is 19.8. The number of carboxylic acids is 3. The molecule has 0 aromatic heterocycles. The molecule has 174 valence electrons. The van der Waals surface area contributed by atoms with Crippen LogP contribution < -0.4 is 15.3 Å². The molecular formula is C24H38O6Zr. The second-order valence-electron chi connectivity index (χ2n) is 10.8. The van der Waals surface area contributed by atoms with Gasteiger partial charge in [0.05, 0.1) is 0 Å². The minimum absolute atomic E-state index is 0.694. The summed E-state index contributed by atoms with van der Waals surface area (Å²) in [7, 11) is 0. The van der Waals surface area contributed by atoms with Gasteiger partial charge in [0.25, 0.3) is 0 Å². The van der Waals surface area contributed by atoms with Crippen molar-refractivity contribution < 1.29 is 54.4 Å². The Bertz CT molecular complexity index is 600. The molecule has 0 spiro atoms. The molecule has 0 heterocycles. The van der Waals surface area contributed by atoms with E-state index in [4.69, 9.17) is 0 Å². The van der Waals surface area contributed by atoms with Crippen molar-refractivity contribution in [3.63, 3.8) is 0 Å². The molecule has 0 N–H and O–H groups in total. The Morgan fingerprint density at radius 3 is 1.35 bits per heavy atom. The first-order valence-corrected chi connectivity index (χ1v) is 11.8. The standard InChI is InChI=1S/C9H11.3C5H10O2.Zr/c1-2-5-9-7-3-6-8(9)4-1;3*1-5(2,3)4(6)7;/h1-2,4,6,9H,3,5,7H2;3*1-3H3,(H,6,7);/q;;;;+3/p-3. The van der Waals surface area contributed by atoms with E-state index in [9.17, 15) is 29.7 Å². The molecule has 0 saturated heterocycles. The maximum atomic E-state index is 9.91. The number of allylic oxidation sites excluding steroid dienone is 4. The van der Waals surface area contributed by atoms with Crippen LogP contribution in [0.15, 0.2) is 23.8 Å². The van der Waals surface area contributed by atoms with Gasteiger partial charge in [-0.25, -0.2) is 0 Å². The summed E-state index contributed by atoms with van der Waals surface area (Å²) in [5.41, 5.74) is -0.333. The zero-order chi connectivity index (χ0) is 25.2. The number of rotatable bonds is 0. The first-order valence-electron chi connectivity index (χ1n) is 10.4. The average Bonchev–Trinajstić information content (AvgIpc) is 2.95. The first kappa shape index (κ1) is 32.0. The Balaban J connectivity index is 0. The third kappa shape index (κ3) is 15.3. The molecule has 0 radical (unpaired) electrons. The molecule has 6 nitrogen and oxygen atoms in total. The number of carboxylic acid groups (broad SMARTS) is 3. The Labute approximate surface area is 203 Å². The second-order valence-corrected chi connectivity index (χ2v) is 12.5. The van der Waals surface area contributed by atoms with Gasteiger partial charge in [0.1, 0.15) is 0 Å². The molecule has 2 unspecified atom stereocenters. The van der Waals surface area contributed by atoms with Crippen LogP contribution in [-0.2, 0) is 39.1 Å². The molecule has 0 aliphatic heterocycles. The predicted octanol–water partition coefficient (Wildman–Crippen LogP) is 1.97. The van der Waals surface area contributed by atoms with Crippen molar-refractivity contribution in [2.24, 2.45) is 22.2 Å². The molecule has 2 atom stereocenters. The fourth-order valence-corrected chi connectivity index (χ4v) is 3.14. The zero-order valence-electron chi connectivity index (χ0n) is 20.5. The van der Waals surface area contributed by atoms with Gasteiger partial charge in [0.15, 0.2) is 0 Å². The van der Waals surface area contributed by atoms with Crippen LogP contribution in [0.3, 0.4) is 0 Å². The fraction of sp³-hybridized carbons (Fsp3) is 0.708. The SMILES string of the molecule is CC(C)(C)C(=O)[O-].CC(C)(C)C(=O)[O-].CC(C)(C)C(=O)[O-].[Zr+3][CH]1CCC2CC=CC=C12. The van der Waals surface area contributed by atoms with Crippen LogP contribution in [0.2, 0.25) is 3.63 Å². The van der Waals surface area contributed by atoms with E-state index in [0.717, 1.165) is 9.54 Å². The zero-order valence-corrected chi connectivity index (χ0v) is 22.9. The summed E-state index contributed by atoms with van der Waals surface area (Å²) in [5, 5.41) is 29.7. The van der Waals surface area contributed by atoms with Crippen molar-refractivity contribution >= 4 is 17.9 Å². The molecule has 1 saturated carbocycles. The van der Waals surface area contributed by atoms with E-state index >= 15 is 0 Å². The van der Waals surface area contributed by atoms with Crippen LogP contribution in [0.25, 0.3) is 0 Å². The van der Waals surface area contributed by atoms with Gasteiger partial charge >= 0.3 is 77.3 Å². The van der Waals surface area contributed by atoms with Crippen LogP contribution in [-0.4, -0.2) is 17.9 Å². The van der Waals surface area contributed by atoms with Crippen LogP contribution in [0.4, 0.5) is 0 Å². The summed E-state index contributed by atoms with van der Waals surface area (Å²) in [6.07, 6.45) is 11.1. The molecule has 1 fully saturated rings. The van der Waals surface area contributed by atoms with Crippen LogP contribution in [0.1, 0.15) is 81.6 Å². The van der Waals surface area contributed by atoms with Crippen LogP contribution in [0.5, 0.6) is 0 Å². The molecule has 0 aromatic carbocycles. The predicted molar refractivity (Wildman–Crippen MR) is 112 cm³/mol. The van der Waals surface area contributed by atoms with Crippen molar-refractivity contribution in [2.45, 2.75) is 85.2 Å². The number of hydrogen-bond donors (Lipinski definition) is 0. The van der Waals surface area contributed by atoms with Crippen LogP contribution in [0, 0.1) is 22.2 Å². The molecule has 2 rings (SSSR count). The van der Waals surface area contributed by atoms with Gasteiger partial charge in [-0.3, -0.25) is 0 Å². The van der Waals surface area contributed by atoms with Crippen molar-refractivity contribution in [3.8, 4) is 0 Å². The third-order valence-electron chi connectivity index (χ3n) is 4.36. The van der Waals surface area contributed by atoms with E-state index in [1.807, 2.05) is 0 Å². The second kappa shape index (κ2) is 13.4. The van der Waals surface area contributed by atoms with Crippen molar-refractivity contribution in [1.29, 1.82) is 0 Å². The monoisotopic (exact) mass is 512 g/mol. The molecular weight excluding hydrogens is 475 g/mol. The number of carbonyl (C=O) groups is 3. The van der Waals surface area contributed by atoms with Crippen molar-refractivity contribution in [3.05, 3.63) is 23.8 Å². The van der Waals surface area contributed by atoms with Gasteiger partial charge in [-0.05, 0) is 0 Å². The Morgan fingerprint density at radius 1 is 0.774 bits per heavy atom. The molecule has 7 heteroatoms. The number of fused-ring (bicyclic) bond motifs is 1. The minimum atomic E-state index is -1.01. The fourth-order valence-electron chi connectivity index (χ4n) is 1.91. The average molecular weight is 514 g/mol. The summed E-state index contributed by atoms with van der Waals surface area (Å²) in [6, 6.07) is 0. The number of carbonyl (C=O) groups excluding carboxylic acids is 3. The molecule has 2 aliphatic rings. The van der Waals surface area contributed by atoms with E-state index in [-0.39, 0.29) is 0 Å². The first-order chi connectivity index (χ1) is 13.7. The Morgan fingerprint density at radius 2 is 1.10 bits per heavy atom. The summed E-state index contributed by atoms with van der Waals surface area (Å²) in [5.74, 6) is -2.08. The quantitative estimate of drug-likeness (QED) is 0.488. The van der Waals surface area contributed by atoms with E-state index < -0.39 is 34.2 Å². The topological polar surface area (TPSA) is 120 Å². The van der Waals surface area contributed by atoms with E-state index in [0.29, 0.717) is 0 Å². The Hall–Kier alpha value is -1.23. The van der Waals surface area contributed by atoms with E-state index in [2.05, 4.69) is 18.2 Å². The molecule has 31 heavy (non-hydrogen) atoms. The summed E-state index contributed by atoms with van der Waals surface area (Å²) >= 11 is 1.72. The number of aliphatic carboxylic acids is 3. The van der Waals surface area contributed by atoms with Crippen LogP contribution >= 0.6 is 0 Å². The van der Waals surface area contributed by atoms with E-state index in [1.54, 1.807) is 92.6 Å². The summed E-state index contributed by atoms with van der Waals surface area (Å²) in [6.45, 7) is 14.4. The van der Waals surface area contributed by atoms with Gasteiger partial charge in [0.2, 0.25) is 0 Å². The molecule has 0 bridgehead atoms. The van der Waals surface area contributed by atoms with Gasteiger partial charge in [-0.15, -0.1) is 0 Å². The van der Waals surface area contributed by atoms with Crippen molar-refractivity contribution in [1.82, 2.24) is 0 Å². The van der Waals surface area contributed by atoms with Gasteiger partial charge in [0, 0.05) is 34.2 Å². The summed E-state index contributed by atoms with van der Waals surface area (Å²) < 4.78 is 0.960. The van der Waals surface area contributed by atoms with Gasteiger partial charge in [-0.1, -0.05) is 62.3 Å². The van der Waals surface area contributed by atoms with Crippen molar-refractivity contribution in [2.75, 3.05) is 0 Å². The number of hydrogen-bond acceptors (Lipinski definition) is 6. The summed E-state index contributed by atoms with van der Waals surface area (Å²) in [4.78, 5) is 29.7. The Kier molecular flexibility index (Phi) is 13.8. The van der Waals surface area contributed by atoms with Gasteiger partial charge < -0.3 is 29.7 Å².